The summed E-state index contributed by atoms with van der Waals surface area (Å²) in [7, 11) is 0. The van der Waals surface area contributed by atoms with Crippen molar-refractivity contribution in [3.05, 3.63) is 38.9 Å². The number of nitrogens with zero attached hydrogens (tertiary/aromatic N) is 4. The number of aliphatic carboxylic acids is 2. The lowest BCUT2D eigenvalue weighted by Gasteiger charge is -2.27. The Kier molecular flexibility index (Phi) is 30.2. The maximum atomic E-state index is 14.1. The molecule has 84 heavy (non-hydrogen) atoms. The number of carbonyl (C=O) groups is 9. The van der Waals surface area contributed by atoms with E-state index < -0.39 is 41.3 Å². The molecule has 4 heterocycles. The molecule has 0 radical (unpaired) electrons. The number of anilines is 1. The van der Waals surface area contributed by atoms with Gasteiger partial charge in [-0.1, -0.05) is 83.1 Å². The first-order valence-corrected chi connectivity index (χ1v) is 31.1. The summed E-state index contributed by atoms with van der Waals surface area (Å²) < 4.78 is 24.5. The number of nitrogens with one attached hydrogen (secondary N) is 4. The summed E-state index contributed by atoms with van der Waals surface area (Å²) in [5.74, 6) is -4.25. The number of pyridine rings is 1. The molecule has 466 valence electrons. The van der Waals surface area contributed by atoms with Gasteiger partial charge in [-0.05, 0) is 86.0 Å². The van der Waals surface area contributed by atoms with Crippen LogP contribution in [0.3, 0.4) is 0 Å². The van der Waals surface area contributed by atoms with Gasteiger partial charge in [0, 0.05) is 61.7 Å². The molecule has 6 amide bonds. The molecule has 3 aromatic heterocycles. The fourth-order valence-electron chi connectivity index (χ4n) is 10.3. The van der Waals surface area contributed by atoms with Crippen molar-refractivity contribution in [2.75, 3.05) is 71.3 Å². The number of Topliss-reactive ketones (excluding diaryl/α,β-unsaturated/α-hetero) is 1. The Morgan fingerprint density at radius 1 is 0.726 bits per heavy atom. The number of amides is 6. The van der Waals surface area contributed by atoms with Crippen LogP contribution in [0.1, 0.15) is 162 Å². The summed E-state index contributed by atoms with van der Waals surface area (Å²) in [6.07, 6.45) is 16.8. The number of carboxylic acids is 2. The summed E-state index contributed by atoms with van der Waals surface area (Å²) in [5.41, 5.74) is 6.46. The molecular weight excluding hydrogens is 1170 g/mol. The average Bonchev–Trinajstić information content (AvgIpc) is 1.57. The Balaban J connectivity index is 0.835. The standard InChI is InChI=1S/C58H86BrN9O15S/c1-39-21-23-46(59)64-55(39)65-56(77)44-33-58(34-45(58)68(44)50(73)35-67-43-32-40(2)84-53(43)52(66-67)54(60)76)38-62-49(72)37-83-31-28-80-26-17-18-41(69)36-82-30-29-81-27-25-61-47(70)24-22-42(57(78)79)63-48(71)19-15-13-11-9-7-5-3-4-6-8-10-12-14-16-20-51(74)75/h21,23,32,42,44-45H,3-20,22,24-31,33-38H2,1-2H3,(H2,60,76)(H,61,70)(H,62,72)(H,63,71)(H,74,75)(H,78,79)(H,64,65,77)/t42-,44-,45+,58-/m0/s1. The first-order chi connectivity index (χ1) is 40.4. The maximum absolute atomic E-state index is 14.1. The Hall–Kier alpha value is -5.93. The van der Waals surface area contributed by atoms with Gasteiger partial charge in [-0.3, -0.25) is 43.0 Å². The molecule has 1 saturated carbocycles. The van der Waals surface area contributed by atoms with E-state index in [1.807, 2.05) is 26.0 Å². The number of carbonyl (C=O) groups excluding carboxylic acids is 7. The Morgan fingerprint density at radius 2 is 1.35 bits per heavy atom. The zero-order valence-electron chi connectivity index (χ0n) is 48.7. The molecule has 1 saturated heterocycles. The number of aryl methyl sites for hydroxylation is 2. The van der Waals surface area contributed by atoms with E-state index in [1.54, 1.807) is 11.0 Å². The molecule has 3 aromatic rings. The van der Waals surface area contributed by atoms with E-state index >= 15 is 0 Å². The Labute approximate surface area is 503 Å². The Morgan fingerprint density at radius 3 is 1.99 bits per heavy atom. The van der Waals surface area contributed by atoms with Crippen molar-refractivity contribution in [1.82, 2.24) is 35.6 Å². The molecule has 1 aliphatic heterocycles. The number of fused-ring (bicyclic) bond motifs is 2. The highest BCUT2D eigenvalue weighted by molar-refractivity contribution is 9.10. The van der Waals surface area contributed by atoms with E-state index in [-0.39, 0.29) is 139 Å². The first kappa shape index (κ1) is 68.8. The first-order valence-electron chi connectivity index (χ1n) is 29.5. The van der Waals surface area contributed by atoms with Crippen LogP contribution in [-0.2, 0) is 63.8 Å². The van der Waals surface area contributed by atoms with E-state index in [0.29, 0.717) is 52.9 Å². The van der Waals surface area contributed by atoms with Crippen LogP contribution in [0.25, 0.3) is 10.2 Å². The van der Waals surface area contributed by atoms with E-state index in [9.17, 15) is 48.3 Å². The second-order valence-corrected chi connectivity index (χ2v) is 23.8. The molecule has 5 rings (SSSR count). The number of ketones is 1. The average molecular weight is 1260 g/mol. The second kappa shape index (κ2) is 36.8. The maximum Gasteiger partial charge on any atom is 0.326 e. The molecular formula is C58H86BrN9O15S. The number of thiophene rings is 1. The summed E-state index contributed by atoms with van der Waals surface area (Å²) in [6.45, 7) is 4.70. The Bertz CT molecular complexity index is 2670. The zero-order chi connectivity index (χ0) is 60.9. The minimum Gasteiger partial charge on any atom is -0.481 e. The molecule has 24 nitrogen and oxygen atoms in total. The minimum absolute atomic E-state index is 0.0432. The lowest BCUT2D eigenvalue weighted by atomic mass is 9.99. The fourth-order valence-corrected chi connectivity index (χ4v) is 11.6. The number of rotatable bonds is 46. The van der Waals surface area contributed by atoms with Crippen molar-refractivity contribution in [2.45, 2.75) is 180 Å². The number of hydrogen-bond donors (Lipinski definition) is 7. The van der Waals surface area contributed by atoms with Gasteiger partial charge in [-0.25, -0.2) is 9.78 Å². The highest BCUT2D eigenvalue weighted by Crippen LogP contribution is 2.59. The predicted octanol–water partition coefficient (Wildman–Crippen LogP) is 6.29. The SMILES string of the molecule is Cc1cc2c(s1)c(C(N)=O)nn2CC(=O)N1[C@H](C(=O)Nc2nc(Br)ccc2C)C[C@@]2(CNC(=O)COCCOCCCC(=O)COCCOCCNC(=O)CC[C@H](NC(=O)CCCCCCCCCCCCCCCCC(=O)O)C(=O)O)C[C@@H]12. The number of piperidine rings is 1. The van der Waals surface area contributed by atoms with Gasteiger partial charge in [0.05, 0.1) is 43.3 Å². The summed E-state index contributed by atoms with van der Waals surface area (Å²) >= 11 is 4.70. The van der Waals surface area contributed by atoms with Crippen molar-refractivity contribution < 1.29 is 72.3 Å². The molecule has 0 spiro atoms. The number of ether oxygens (including phenoxy) is 4. The van der Waals surface area contributed by atoms with Crippen LogP contribution in [0.5, 0.6) is 0 Å². The van der Waals surface area contributed by atoms with Crippen molar-refractivity contribution in [2.24, 2.45) is 11.1 Å². The second-order valence-electron chi connectivity index (χ2n) is 21.8. The largest absolute Gasteiger partial charge is 0.481 e. The smallest absolute Gasteiger partial charge is 0.326 e. The van der Waals surface area contributed by atoms with Crippen LogP contribution in [0, 0.1) is 19.3 Å². The van der Waals surface area contributed by atoms with Crippen LogP contribution in [0.4, 0.5) is 5.82 Å². The van der Waals surface area contributed by atoms with Gasteiger partial charge >= 0.3 is 11.9 Å². The molecule has 1 aliphatic carbocycles. The number of halogens is 1. The highest BCUT2D eigenvalue weighted by Gasteiger charge is 2.67. The summed E-state index contributed by atoms with van der Waals surface area (Å²) in [6, 6.07) is 3.03. The fraction of sp³-hybridized carbons (Fsp3) is 0.672. The van der Waals surface area contributed by atoms with Gasteiger partial charge < -0.3 is 61.1 Å². The highest BCUT2D eigenvalue weighted by atomic mass is 79.9. The van der Waals surface area contributed by atoms with Crippen LogP contribution < -0.4 is 27.0 Å². The molecule has 0 bridgehead atoms. The number of likely N-dealkylation sites (tertiary alicyclic amines) is 1. The van der Waals surface area contributed by atoms with Crippen molar-refractivity contribution in [1.29, 1.82) is 0 Å². The lowest BCUT2D eigenvalue weighted by Crippen LogP contribution is -2.47. The van der Waals surface area contributed by atoms with Crippen molar-refractivity contribution in [3.63, 3.8) is 0 Å². The molecule has 0 aromatic carbocycles. The summed E-state index contributed by atoms with van der Waals surface area (Å²) in [4.78, 5) is 119. The van der Waals surface area contributed by atoms with E-state index in [2.05, 4.69) is 47.3 Å². The van der Waals surface area contributed by atoms with E-state index in [0.717, 1.165) is 55.4 Å². The van der Waals surface area contributed by atoms with Crippen molar-refractivity contribution in [3.8, 4) is 0 Å². The molecule has 2 aliphatic rings. The van der Waals surface area contributed by atoms with Gasteiger partial charge in [0.1, 0.15) is 42.3 Å². The van der Waals surface area contributed by atoms with Gasteiger partial charge in [0.15, 0.2) is 11.5 Å². The molecule has 4 atom stereocenters. The molecule has 0 unspecified atom stereocenters. The third-order valence-electron chi connectivity index (χ3n) is 14.9. The number of hydrogen-bond acceptors (Lipinski definition) is 16. The monoisotopic (exact) mass is 1260 g/mol. The minimum atomic E-state index is -1.20. The van der Waals surface area contributed by atoms with Crippen LogP contribution in [0.15, 0.2) is 22.8 Å². The lowest BCUT2D eigenvalue weighted by molar-refractivity contribution is -0.142. The van der Waals surface area contributed by atoms with E-state index in [1.165, 1.54) is 54.5 Å². The van der Waals surface area contributed by atoms with Crippen LogP contribution in [-0.4, -0.2) is 167 Å². The zero-order valence-corrected chi connectivity index (χ0v) is 51.1. The van der Waals surface area contributed by atoms with Gasteiger partial charge in [0.2, 0.25) is 29.5 Å². The topological polar surface area (TPSA) is 339 Å². The summed E-state index contributed by atoms with van der Waals surface area (Å²) in [5, 5.41) is 33.6. The molecule has 2 fully saturated rings. The van der Waals surface area contributed by atoms with Crippen molar-refractivity contribution >= 4 is 96.5 Å². The number of carboxylic acid groups (broad SMARTS) is 2. The molecule has 8 N–H and O–H groups in total. The van der Waals surface area contributed by atoms with Gasteiger partial charge in [-0.2, -0.15) is 5.10 Å². The van der Waals surface area contributed by atoms with Crippen LogP contribution in [0.2, 0.25) is 0 Å². The predicted molar refractivity (Wildman–Crippen MR) is 316 cm³/mol. The number of nitrogens with two attached hydrogens (primary N) is 1. The number of primary amides is 1. The normalized spacial score (nSPS) is 16.5. The number of aromatic nitrogens is 3. The van der Waals surface area contributed by atoms with E-state index in [4.69, 9.17) is 29.8 Å². The third kappa shape index (κ3) is 24.2. The molecule has 26 heteroatoms. The van der Waals surface area contributed by atoms with Gasteiger partial charge in [-0.15, -0.1) is 11.3 Å². The third-order valence-corrected chi connectivity index (χ3v) is 16.4. The quantitative estimate of drug-likeness (QED) is 0.0241. The van der Waals surface area contributed by atoms with Crippen LogP contribution >= 0.6 is 27.3 Å². The number of unbranched alkanes of at least 4 members (excludes halogenated alkanes) is 13. The van der Waals surface area contributed by atoms with Gasteiger partial charge in [0.25, 0.3) is 5.91 Å².